The molecule has 2 N–H and O–H groups in total. The van der Waals surface area contributed by atoms with Gasteiger partial charge in [-0.05, 0) is 38.0 Å². The molecule has 0 aromatic carbocycles. The standard InChI is InChI=1S/C17H25N5O/c1-14(2)23-9-3-8-22(12-15-4-6-19-7-5-15)13-16-10-20-17(18)21-11-16/h4-7,10-11,14H,3,8-9,12-13H2,1-2H3,(H2,18,20,21). The Morgan fingerprint density at radius 3 is 2.39 bits per heavy atom. The number of rotatable bonds is 9. The second-order valence-electron chi connectivity index (χ2n) is 5.79. The van der Waals surface area contributed by atoms with Gasteiger partial charge in [-0.15, -0.1) is 0 Å². The van der Waals surface area contributed by atoms with Crippen LogP contribution in [-0.2, 0) is 17.8 Å². The van der Waals surface area contributed by atoms with Gasteiger partial charge in [-0.1, -0.05) is 0 Å². The van der Waals surface area contributed by atoms with Crippen LogP contribution in [0.15, 0.2) is 36.9 Å². The van der Waals surface area contributed by atoms with Crippen LogP contribution in [0.5, 0.6) is 0 Å². The summed E-state index contributed by atoms with van der Waals surface area (Å²) in [5.74, 6) is 0.305. The van der Waals surface area contributed by atoms with Crippen molar-refractivity contribution in [2.75, 3.05) is 18.9 Å². The van der Waals surface area contributed by atoms with Crippen molar-refractivity contribution >= 4 is 5.95 Å². The molecule has 0 saturated heterocycles. The van der Waals surface area contributed by atoms with E-state index in [2.05, 4.69) is 33.7 Å². The topological polar surface area (TPSA) is 77.2 Å². The maximum atomic E-state index is 5.63. The number of ether oxygens (including phenoxy) is 1. The molecule has 0 radical (unpaired) electrons. The fourth-order valence-corrected chi connectivity index (χ4v) is 2.27. The van der Waals surface area contributed by atoms with Crippen LogP contribution in [0.1, 0.15) is 31.4 Å². The Balaban J connectivity index is 1.94. The molecule has 2 aromatic heterocycles. The first-order valence-corrected chi connectivity index (χ1v) is 7.92. The molecule has 2 heterocycles. The van der Waals surface area contributed by atoms with Crippen LogP contribution < -0.4 is 5.73 Å². The van der Waals surface area contributed by atoms with Gasteiger partial charge in [0.2, 0.25) is 5.95 Å². The van der Waals surface area contributed by atoms with E-state index < -0.39 is 0 Å². The van der Waals surface area contributed by atoms with E-state index in [9.17, 15) is 0 Å². The molecule has 6 heteroatoms. The molecule has 0 fully saturated rings. The zero-order valence-electron chi connectivity index (χ0n) is 13.9. The summed E-state index contributed by atoms with van der Waals surface area (Å²) in [5.41, 5.74) is 7.84. The quantitative estimate of drug-likeness (QED) is 0.715. The Morgan fingerprint density at radius 1 is 1.09 bits per heavy atom. The molecule has 0 unspecified atom stereocenters. The highest BCUT2D eigenvalue weighted by Gasteiger charge is 2.08. The van der Waals surface area contributed by atoms with Gasteiger partial charge in [-0.2, -0.15) is 0 Å². The molecule has 2 rings (SSSR count). The number of pyridine rings is 1. The highest BCUT2D eigenvalue weighted by atomic mass is 16.5. The third kappa shape index (κ3) is 6.71. The van der Waals surface area contributed by atoms with E-state index in [1.807, 2.05) is 24.5 Å². The van der Waals surface area contributed by atoms with E-state index in [-0.39, 0.29) is 6.10 Å². The summed E-state index contributed by atoms with van der Waals surface area (Å²) in [5, 5.41) is 0. The average Bonchev–Trinajstić information content (AvgIpc) is 2.54. The van der Waals surface area contributed by atoms with E-state index in [1.54, 1.807) is 12.4 Å². The Bertz CT molecular complexity index is 559. The minimum atomic E-state index is 0.272. The van der Waals surface area contributed by atoms with Crippen molar-refractivity contribution in [2.24, 2.45) is 0 Å². The Labute approximate surface area is 137 Å². The fourth-order valence-electron chi connectivity index (χ4n) is 2.27. The van der Waals surface area contributed by atoms with E-state index in [4.69, 9.17) is 10.5 Å². The molecular formula is C17H25N5O. The minimum Gasteiger partial charge on any atom is -0.379 e. The molecule has 23 heavy (non-hydrogen) atoms. The van der Waals surface area contributed by atoms with E-state index >= 15 is 0 Å². The smallest absolute Gasteiger partial charge is 0.219 e. The molecule has 0 spiro atoms. The first kappa shape index (κ1) is 17.3. The van der Waals surface area contributed by atoms with Crippen LogP contribution >= 0.6 is 0 Å². The Morgan fingerprint density at radius 2 is 1.74 bits per heavy atom. The Kier molecular flexibility index (Phi) is 6.90. The molecule has 0 saturated carbocycles. The molecule has 6 nitrogen and oxygen atoms in total. The molecule has 0 amide bonds. The van der Waals surface area contributed by atoms with Crippen molar-refractivity contribution in [3.63, 3.8) is 0 Å². The van der Waals surface area contributed by atoms with Gasteiger partial charge in [0.15, 0.2) is 0 Å². The number of aromatic nitrogens is 3. The lowest BCUT2D eigenvalue weighted by Crippen LogP contribution is -2.25. The summed E-state index contributed by atoms with van der Waals surface area (Å²) in [4.78, 5) is 14.6. The second kappa shape index (κ2) is 9.17. The zero-order valence-corrected chi connectivity index (χ0v) is 13.9. The van der Waals surface area contributed by atoms with Crippen LogP contribution in [-0.4, -0.2) is 39.1 Å². The van der Waals surface area contributed by atoms with Crippen molar-refractivity contribution in [3.8, 4) is 0 Å². The molecular weight excluding hydrogens is 290 g/mol. The van der Waals surface area contributed by atoms with E-state index in [1.165, 1.54) is 5.56 Å². The summed E-state index contributed by atoms with van der Waals surface area (Å²) in [6.07, 6.45) is 8.47. The van der Waals surface area contributed by atoms with Gasteiger partial charge in [0.05, 0.1) is 6.10 Å². The molecule has 124 valence electrons. The van der Waals surface area contributed by atoms with E-state index in [0.717, 1.165) is 38.2 Å². The maximum Gasteiger partial charge on any atom is 0.219 e. The van der Waals surface area contributed by atoms with Gasteiger partial charge in [0, 0.05) is 56.6 Å². The lowest BCUT2D eigenvalue weighted by molar-refractivity contribution is 0.0692. The summed E-state index contributed by atoms with van der Waals surface area (Å²) in [7, 11) is 0. The van der Waals surface area contributed by atoms with Gasteiger partial charge in [0.1, 0.15) is 0 Å². The zero-order chi connectivity index (χ0) is 16.5. The van der Waals surface area contributed by atoms with Crippen LogP contribution in [0.2, 0.25) is 0 Å². The summed E-state index contributed by atoms with van der Waals surface area (Å²) in [6, 6.07) is 4.08. The largest absolute Gasteiger partial charge is 0.379 e. The maximum absolute atomic E-state index is 5.63. The normalized spacial score (nSPS) is 11.3. The highest BCUT2D eigenvalue weighted by Crippen LogP contribution is 2.10. The van der Waals surface area contributed by atoms with Gasteiger partial charge in [0.25, 0.3) is 0 Å². The number of nitrogens with two attached hydrogens (primary N) is 1. The van der Waals surface area contributed by atoms with Gasteiger partial charge in [-0.25, -0.2) is 9.97 Å². The fraction of sp³-hybridized carbons (Fsp3) is 0.471. The summed E-state index contributed by atoms with van der Waals surface area (Å²) >= 11 is 0. The molecule has 2 aromatic rings. The lowest BCUT2D eigenvalue weighted by Gasteiger charge is -2.22. The monoisotopic (exact) mass is 315 g/mol. The number of hydrogen-bond donors (Lipinski definition) is 1. The number of anilines is 1. The predicted octanol–water partition coefficient (Wildman–Crippen LogP) is 2.27. The highest BCUT2D eigenvalue weighted by molar-refractivity contribution is 5.17. The molecule has 0 aliphatic rings. The number of hydrogen-bond acceptors (Lipinski definition) is 6. The molecule has 0 aliphatic heterocycles. The van der Waals surface area contributed by atoms with Crippen LogP contribution in [0, 0.1) is 0 Å². The van der Waals surface area contributed by atoms with Gasteiger partial charge in [-0.3, -0.25) is 9.88 Å². The van der Waals surface area contributed by atoms with Crippen molar-refractivity contribution in [1.82, 2.24) is 19.9 Å². The van der Waals surface area contributed by atoms with Crippen LogP contribution in [0.4, 0.5) is 5.95 Å². The van der Waals surface area contributed by atoms with Crippen LogP contribution in [0.3, 0.4) is 0 Å². The van der Waals surface area contributed by atoms with E-state index in [0.29, 0.717) is 5.95 Å². The first-order valence-electron chi connectivity index (χ1n) is 7.92. The predicted molar refractivity (Wildman–Crippen MR) is 90.5 cm³/mol. The van der Waals surface area contributed by atoms with Crippen molar-refractivity contribution in [1.29, 1.82) is 0 Å². The SMILES string of the molecule is CC(C)OCCCN(Cc1ccncc1)Cc1cnc(N)nc1. The third-order valence-corrected chi connectivity index (χ3v) is 3.36. The summed E-state index contributed by atoms with van der Waals surface area (Å²) in [6.45, 7) is 7.46. The average molecular weight is 315 g/mol. The van der Waals surface area contributed by atoms with Gasteiger partial charge < -0.3 is 10.5 Å². The van der Waals surface area contributed by atoms with Crippen molar-refractivity contribution in [3.05, 3.63) is 48.0 Å². The number of nitrogens with zero attached hydrogens (tertiary/aromatic N) is 4. The third-order valence-electron chi connectivity index (χ3n) is 3.36. The van der Waals surface area contributed by atoms with Crippen LogP contribution in [0.25, 0.3) is 0 Å². The molecule has 0 bridgehead atoms. The van der Waals surface area contributed by atoms with Crippen molar-refractivity contribution < 1.29 is 4.74 Å². The molecule has 0 atom stereocenters. The minimum absolute atomic E-state index is 0.272. The Hall–Kier alpha value is -2.05. The molecule has 0 aliphatic carbocycles. The second-order valence-corrected chi connectivity index (χ2v) is 5.79. The summed E-state index contributed by atoms with van der Waals surface area (Å²) < 4.78 is 5.63. The first-order chi connectivity index (χ1) is 11.1. The number of nitrogen functional groups attached to an aromatic ring is 1. The van der Waals surface area contributed by atoms with Gasteiger partial charge >= 0.3 is 0 Å². The van der Waals surface area contributed by atoms with Crippen molar-refractivity contribution in [2.45, 2.75) is 39.5 Å². The lowest BCUT2D eigenvalue weighted by atomic mass is 10.2.